The zero-order chi connectivity index (χ0) is 11.5. The molecule has 0 atom stereocenters. The van der Waals surface area contributed by atoms with Crippen molar-refractivity contribution in [2.24, 2.45) is 5.92 Å². The van der Waals surface area contributed by atoms with Crippen LogP contribution < -0.4 is 0 Å². The second-order valence-electron chi connectivity index (χ2n) is 4.10. The third kappa shape index (κ3) is 4.93. The fourth-order valence-corrected chi connectivity index (χ4v) is 2.03. The molecule has 0 spiro atoms. The first kappa shape index (κ1) is 12.2. The topological polar surface area (TPSA) is 34.1 Å². The van der Waals surface area contributed by atoms with Gasteiger partial charge in [-0.1, -0.05) is 38.1 Å². The standard InChI is InChI=1S/C11H15FO2S/c1-9(2)7-10-3-5-11(6-4-10)8-15(12,13)14/h3-6,9H,7-8H2,1-2H3. The smallest absolute Gasteiger partial charge is 0.194 e. The molecular weight excluding hydrogens is 215 g/mol. The van der Waals surface area contributed by atoms with Crippen molar-refractivity contribution in [1.82, 2.24) is 0 Å². The van der Waals surface area contributed by atoms with E-state index in [0.717, 1.165) is 12.0 Å². The quantitative estimate of drug-likeness (QED) is 0.745. The monoisotopic (exact) mass is 230 g/mol. The van der Waals surface area contributed by atoms with Crippen LogP contribution in [-0.4, -0.2) is 8.42 Å². The molecule has 0 fully saturated rings. The maximum absolute atomic E-state index is 12.4. The van der Waals surface area contributed by atoms with Crippen molar-refractivity contribution in [2.75, 3.05) is 0 Å². The van der Waals surface area contributed by atoms with Gasteiger partial charge in [-0.3, -0.25) is 0 Å². The molecule has 0 aliphatic heterocycles. The van der Waals surface area contributed by atoms with Crippen LogP contribution in [0.25, 0.3) is 0 Å². The Bertz CT molecular complexity index is 407. The fourth-order valence-electron chi connectivity index (χ4n) is 1.44. The average Bonchev–Trinajstić information content (AvgIpc) is 2.05. The van der Waals surface area contributed by atoms with Crippen molar-refractivity contribution in [3.8, 4) is 0 Å². The first-order valence-corrected chi connectivity index (χ1v) is 6.42. The lowest BCUT2D eigenvalue weighted by Gasteiger charge is -2.05. The highest BCUT2D eigenvalue weighted by atomic mass is 32.3. The molecule has 0 radical (unpaired) electrons. The van der Waals surface area contributed by atoms with Crippen LogP contribution in [0.4, 0.5) is 3.89 Å². The minimum Gasteiger partial charge on any atom is -0.194 e. The Labute approximate surface area is 90.3 Å². The molecule has 2 nitrogen and oxygen atoms in total. The molecule has 0 amide bonds. The van der Waals surface area contributed by atoms with E-state index in [1.807, 2.05) is 12.1 Å². The summed E-state index contributed by atoms with van der Waals surface area (Å²) < 4.78 is 33.2. The van der Waals surface area contributed by atoms with Crippen molar-refractivity contribution in [3.63, 3.8) is 0 Å². The summed E-state index contributed by atoms with van der Waals surface area (Å²) in [4.78, 5) is 0. The van der Waals surface area contributed by atoms with Crippen LogP contribution in [0, 0.1) is 5.92 Å². The molecule has 1 rings (SSSR count). The zero-order valence-corrected chi connectivity index (χ0v) is 9.72. The highest BCUT2D eigenvalue weighted by Crippen LogP contribution is 2.12. The number of rotatable bonds is 4. The van der Waals surface area contributed by atoms with Gasteiger partial charge in [0.15, 0.2) is 0 Å². The van der Waals surface area contributed by atoms with Gasteiger partial charge in [0.05, 0.1) is 0 Å². The van der Waals surface area contributed by atoms with E-state index in [9.17, 15) is 12.3 Å². The van der Waals surface area contributed by atoms with Crippen molar-refractivity contribution >= 4 is 10.2 Å². The largest absolute Gasteiger partial charge is 0.306 e. The van der Waals surface area contributed by atoms with E-state index in [2.05, 4.69) is 13.8 Å². The Morgan fingerprint density at radius 3 is 2.00 bits per heavy atom. The Morgan fingerprint density at radius 2 is 1.60 bits per heavy atom. The molecule has 84 valence electrons. The lowest BCUT2D eigenvalue weighted by atomic mass is 10.0. The summed E-state index contributed by atoms with van der Waals surface area (Å²) in [7, 11) is -4.41. The van der Waals surface area contributed by atoms with E-state index in [4.69, 9.17) is 0 Å². The summed E-state index contributed by atoms with van der Waals surface area (Å²) >= 11 is 0. The van der Waals surface area contributed by atoms with Gasteiger partial charge in [0.2, 0.25) is 0 Å². The van der Waals surface area contributed by atoms with Gasteiger partial charge in [-0.2, -0.15) is 8.42 Å². The molecule has 0 heterocycles. The number of benzene rings is 1. The SMILES string of the molecule is CC(C)Cc1ccc(CS(=O)(=O)F)cc1. The van der Waals surface area contributed by atoms with Crippen LogP contribution in [-0.2, 0) is 22.4 Å². The summed E-state index contributed by atoms with van der Waals surface area (Å²) in [5.41, 5.74) is 1.63. The van der Waals surface area contributed by atoms with Crippen LogP contribution in [0.3, 0.4) is 0 Å². The van der Waals surface area contributed by atoms with E-state index in [1.54, 1.807) is 12.1 Å². The summed E-state index contributed by atoms with van der Waals surface area (Å²) in [6.45, 7) is 4.22. The predicted octanol–water partition coefficient (Wildman–Crippen LogP) is 2.68. The second kappa shape index (κ2) is 4.75. The molecule has 0 aliphatic carbocycles. The normalized spacial score (nSPS) is 12.0. The molecule has 1 aromatic carbocycles. The number of hydrogen-bond acceptors (Lipinski definition) is 2. The summed E-state index contributed by atoms with van der Waals surface area (Å²) in [6.07, 6.45) is 0.947. The summed E-state index contributed by atoms with van der Waals surface area (Å²) in [6, 6.07) is 7.02. The fraction of sp³-hybridized carbons (Fsp3) is 0.455. The molecule has 0 saturated carbocycles. The van der Waals surface area contributed by atoms with Crippen molar-refractivity contribution in [3.05, 3.63) is 35.4 Å². The van der Waals surface area contributed by atoms with Gasteiger partial charge in [-0.15, -0.1) is 3.89 Å². The van der Waals surface area contributed by atoms with Gasteiger partial charge in [0.1, 0.15) is 5.75 Å². The van der Waals surface area contributed by atoms with Gasteiger partial charge >= 0.3 is 10.2 Å². The molecule has 15 heavy (non-hydrogen) atoms. The third-order valence-corrected chi connectivity index (χ3v) is 2.68. The average molecular weight is 230 g/mol. The molecule has 0 aliphatic rings. The van der Waals surface area contributed by atoms with Gasteiger partial charge in [-0.25, -0.2) is 0 Å². The number of hydrogen-bond donors (Lipinski definition) is 0. The molecule has 1 aromatic rings. The predicted molar refractivity (Wildman–Crippen MR) is 58.7 cm³/mol. The van der Waals surface area contributed by atoms with Gasteiger partial charge in [0.25, 0.3) is 0 Å². The maximum Gasteiger partial charge on any atom is 0.306 e. The molecular formula is C11H15FO2S. The van der Waals surface area contributed by atoms with Gasteiger partial charge < -0.3 is 0 Å². The van der Waals surface area contributed by atoms with Crippen LogP contribution in [0.5, 0.6) is 0 Å². The highest BCUT2D eigenvalue weighted by molar-refractivity contribution is 7.85. The van der Waals surface area contributed by atoms with Gasteiger partial charge in [-0.05, 0) is 23.5 Å². The minimum atomic E-state index is -4.41. The third-order valence-electron chi connectivity index (χ3n) is 2.01. The Morgan fingerprint density at radius 1 is 1.13 bits per heavy atom. The van der Waals surface area contributed by atoms with E-state index >= 15 is 0 Å². The van der Waals surface area contributed by atoms with Crippen LogP contribution >= 0.6 is 0 Å². The summed E-state index contributed by atoms with van der Waals surface area (Å²) in [5, 5.41) is 0. The van der Waals surface area contributed by atoms with Crippen LogP contribution in [0.2, 0.25) is 0 Å². The van der Waals surface area contributed by atoms with Crippen molar-refractivity contribution in [1.29, 1.82) is 0 Å². The van der Waals surface area contributed by atoms with E-state index in [1.165, 1.54) is 0 Å². The van der Waals surface area contributed by atoms with E-state index < -0.39 is 16.0 Å². The molecule has 0 N–H and O–H groups in total. The number of halogens is 1. The van der Waals surface area contributed by atoms with Crippen molar-refractivity contribution < 1.29 is 12.3 Å². The summed E-state index contributed by atoms with van der Waals surface area (Å²) in [5.74, 6) is 0.0235. The Hall–Kier alpha value is -0.900. The Balaban J connectivity index is 2.73. The van der Waals surface area contributed by atoms with Crippen LogP contribution in [0.15, 0.2) is 24.3 Å². The van der Waals surface area contributed by atoms with E-state index in [-0.39, 0.29) is 0 Å². The van der Waals surface area contributed by atoms with Gasteiger partial charge in [0, 0.05) is 0 Å². The molecule has 4 heteroatoms. The molecule has 0 bridgehead atoms. The molecule has 0 aromatic heterocycles. The highest BCUT2D eigenvalue weighted by Gasteiger charge is 2.08. The second-order valence-corrected chi connectivity index (χ2v) is 5.46. The lowest BCUT2D eigenvalue weighted by molar-refractivity contribution is 0.551. The van der Waals surface area contributed by atoms with E-state index in [0.29, 0.717) is 11.5 Å². The maximum atomic E-state index is 12.4. The molecule has 0 saturated heterocycles. The van der Waals surface area contributed by atoms with Crippen molar-refractivity contribution in [2.45, 2.75) is 26.0 Å². The Kier molecular flexibility index (Phi) is 3.85. The zero-order valence-electron chi connectivity index (χ0n) is 8.90. The first-order valence-electron chi connectivity index (χ1n) is 4.87. The first-order chi connectivity index (χ1) is 6.87. The molecule has 0 unspecified atom stereocenters. The lowest BCUT2D eigenvalue weighted by Crippen LogP contribution is -1.98. The van der Waals surface area contributed by atoms with Crippen LogP contribution in [0.1, 0.15) is 25.0 Å². The minimum absolute atomic E-state index is 0.491.